The Balaban J connectivity index is 2.27. The first-order valence-electron chi connectivity index (χ1n) is 7.14. The molecule has 1 heterocycles. The molecule has 0 atom stereocenters. The number of benzene rings is 1. The number of nitro groups is 1. The van der Waals surface area contributed by atoms with Crippen LogP contribution >= 0.6 is 0 Å². The molecule has 2 N–H and O–H groups in total. The summed E-state index contributed by atoms with van der Waals surface area (Å²) in [6, 6.07) is 3.52. The first-order valence-corrected chi connectivity index (χ1v) is 8.58. The smallest absolute Gasteiger partial charge is 0.305 e. The molecule has 1 aliphatic heterocycles. The van der Waals surface area contributed by atoms with Crippen molar-refractivity contribution in [2.45, 2.75) is 11.3 Å². The van der Waals surface area contributed by atoms with Gasteiger partial charge in [-0.3, -0.25) is 14.9 Å². The van der Waals surface area contributed by atoms with Gasteiger partial charge < -0.3 is 15.2 Å². The van der Waals surface area contributed by atoms with Crippen LogP contribution in [0.15, 0.2) is 23.1 Å². The predicted molar refractivity (Wildman–Crippen MR) is 83.4 cm³/mol. The molecule has 1 saturated heterocycles. The Hall–Kier alpha value is -2.24. The zero-order valence-electron chi connectivity index (χ0n) is 12.7. The number of carboxylic acids is 1. The van der Waals surface area contributed by atoms with Gasteiger partial charge >= 0.3 is 5.97 Å². The summed E-state index contributed by atoms with van der Waals surface area (Å²) >= 11 is 0. The molecule has 1 fully saturated rings. The zero-order valence-corrected chi connectivity index (χ0v) is 13.5. The summed E-state index contributed by atoms with van der Waals surface area (Å²) in [6.07, 6.45) is -0.217. The van der Waals surface area contributed by atoms with Crippen molar-refractivity contribution in [2.24, 2.45) is 0 Å². The van der Waals surface area contributed by atoms with Crippen LogP contribution in [0.3, 0.4) is 0 Å². The lowest BCUT2D eigenvalue weighted by molar-refractivity contribution is -0.384. The van der Waals surface area contributed by atoms with Gasteiger partial charge in [0.15, 0.2) is 0 Å². The molecule has 1 aromatic rings. The number of carboxylic acid groups (broad SMARTS) is 1. The lowest BCUT2D eigenvalue weighted by Crippen LogP contribution is -2.40. The number of sulfonamides is 1. The maximum atomic E-state index is 12.5. The fourth-order valence-electron chi connectivity index (χ4n) is 2.21. The number of hydrogen-bond donors (Lipinski definition) is 2. The minimum atomic E-state index is -3.84. The number of rotatable bonds is 7. The monoisotopic (exact) mass is 359 g/mol. The van der Waals surface area contributed by atoms with Crippen LogP contribution in [0.4, 0.5) is 11.4 Å². The highest BCUT2D eigenvalue weighted by molar-refractivity contribution is 7.89. The normalized spacial score (nSPS) is 15.8. The SMILES string of the molecule is O=C(O)CCNc1ccc(S(=O)(=O)N2CCOCC2)cc1[N+](=O)[O-]. The summed E-state index contributed by atoms with van der Waals surface area (Å²) in [5.41, 5.74) is -0.350. The molecule has 24 heavy (non-hydrogen) atoms. The van der Waals surface area contributed by atoms with Gasteiger partial charge in [-0.1, -0.05) is 0 Å². The molecule has 132 valence electrons. The van der Waals surface area contributed by atoms with E-state index in [1.54, 1.807) is 0 Å². The fourth-order valence-corrected chi connectivity index (χ4v) is 3.64. The van der Waals surface area contributed by atoms with Crippen LogP contribution in [0.2, 0.25) is 0 Å². The van der Waals surface area contributed by atoms with Crippen LogP contribution in [0.25, 0.3) is 0 Å². The second-order valence-electron chi connectivity index (χ2n) is 5.02. The summed E-state index contributed by atoms with van der Waals surface area (Å²) in [4.78, 5) is 20.8. The maximum absolute atomic E-state index is 12.5. The van der Waals surface area contributed by atoms with Gasteiger partial charge in [0, 0.05) is 25.7 Å². The number of ether oxygens (including phenoxy) is 1. The number of nitrogens with zero attached hydrogens (tertiary/aromatic N) is 2. The van der Waals surface area contributed by atoms with Gasteiger partial charge in [0.25, 0.3) is 5.69 Å². The van der Waals surface area contributed by atoms with Crippen molar-refractivity contribution in [1.82, 2.24) is 4.31 Å². The molecular formula is C13H17N3O7S. The van der Waals surface area contributed by atoms with Crippen LogP contribution in [-0.4, -0.2) is 61.6 Å². The highest BCUT2D eigenvalue weighted by atomic mass is 32.2. The van der Waals surface area contributed by atoms with Crippen molar-refractivity contribution in [2.75, 3.05) is 38.2 Å². The number of morpholine rings is 1. The van der Waals surface area contributed by atoms with E-state index in [-0.39, 0.29) is 49.9 Å². The Labute approximate surface area is 138 Å². The molecule has 0 aromatic heterocycles. The molecule has 0 bridgehead atoms. The first-order chi connectivity index (χ1) is 11.3. The van der Waals surface area contributed by atoms with Gasteiger partial charge in [-0.15, -0.1) is 0 Å². The zero-order chi connectivity index (χ0) is 17.7. The summed E-state index contributed by atoms with van der Waals surface area (Å²) in [5, 5.41) is 22.4. The Kier molecular flexibility index (Phi) is 5.70. The lowest BCUT2D eigenvalue weighted by atomic mass is 10.2. The molecule has 0 aliphatic carbocycles. The number of carbonyl (C=O) groups is 1. The Morgan fingerprint density at radius 3 is 2.62 bits per heavy atom. The maximum Gasteiger partial charge on any atom is 0.305 e. The number of nitro benzene ring substituents is 1. The largest absolute Gasteiger partial charge is 0.481 e. The minimum Gasteiger partial charge on any atom is -0.481 e. The van der Waals surface area contributed by atoms with E-state index in [0.29, 0.717) is 0 Å². The van der Waals surface area contributed by atoms with Gasteiger partial charge in [-0.05, 0) is 12.1 Å². The molecule has 11 heteroatoms. The molecule has 0 amide bonds. The van der Waals surface area contributed by atoms with Gasteiger partial charge in [0.05, 0.1) is 29.5 Å². The molecule has 0 unspecified atom stereocenters. The third kappa shape index (κ3) is 4.19. The molecule has 1 aliphatic rings. The van der Waals surface area contributed by atoms with E-state index < -0.39 is 26.6 Å². The summed E-state index contributed by atoms with van der Waals surface area (Å²) in [5.74, 6) is -1.04. The topological polar surface area (TPSA) is 139 Å². The molecule has 10 nitrogen and oxygen atoms in total. The molecule has 0 radical (unpaired) electrons. The highest BCUT2D eigenvalue weighted by Gasteiger charge is 2.28. The van der Waals surface area contributed by atoms with E-state index in [0.717, 1.165) is 6.07 Å². The average molecular weight is 359 g/mol. The van der Waals surface area contributed by atoms with E-state index >= 15 is 0 Å². The number of hydrogen-bond acceptors (Lipinski definition) is 7. The van der Waals surface area contributed by atoms with Gasteiger partial charge in [-0.25, -0.2) is 8.42 Å². The number of nitrogens with one attached hydrogen (secondary N) is 1. The van der Waals surface area contributed by atoms with Crippen LogP contribution < -0.4 is 5.32 Å². The predicted octanol–water partition coefficient (Wildman–Crippen LogP) is 0.502. The van der Waals surface area contributed by atoms with Gasteiger partial charge in [-0.2, -0.15) is 4.31 Å². The van der Waals surface area contributed by atoms with Crippen LogP contribution in [-0.2, 0) is 19.6 Å². The van der Waals surface area contributed by atoms with Crippen molar-refractivity contribution in [1.29, 1.82) is 0 Å². The molecule has 0 spiro atoms. The van der Waals surface area contributed by atoms with Crippen molar-refractivity contribution in [3.63, 3.8) is 0 Å². The minimum absolute atomic E-state index is 0.00820. The molecule has 1 aromatic carbocycles. The van der Waals surface area contributed by atoms with Gasteiger partial charge in [0.1, 0.15) is 5.69 Å². The van der Waals surface area contributed by atoms with E-state index in [1.165, 1.54) is 16.4 Å². The third-order valence-corrected chi connectivity index (χ3v) is 5.32. The van der Waals surface area contributed by atoms with Crippen molar-refractivity contribution in [3.05, 3.63) is 28.3 Å². The molecular weight excluding hydrogens is 342 g/mol. The lowest BCUT2D eigenvalue weighted by Gasteiger charge is -2.26. The van der Waals surface area contributed by atoms with Crippen LogP contribution in [0.5, 0.6) is 0 Å². The van der Waals surface area contributed by atoms with Crippen molar-refractivity contribution >= 4 is 27.4 Å². The molecule has 2 rings (SSSR count). The van der Waals surface area contributed by atoms with E-state index in [9.17, 15) is 23.3 Å². The quantitative estimate of drug-likeness (QED) is 0.530. The van der Waals surface area contributed by atoms with Crippen molar-refractivity contribution in [3.8, 4) is 0 Å². The third-order valence-electron chi connectivity index (χ3n) is 3.43. The second-order valence-corrected chi connectivity index (χ2v) is 6.96. The Morgan fingerprint density at radius 1 is 1.38 bits per heavy atom. The van der Waals surface area contributed by atoms with E-state index in [1.807, 2.05) is 0 Å². The fraction of sp³-hybridized carbons (Fsp3) is 0.462. The molecule has 0 saturated carbocycles. The number of anilines is 1. The number of aliphatic carboxylic acids is 1. The highest BCUT2D eigenvalue weighted by Crippen LogP contribution is 2.29. The summed E-state index contributed by atoms with van der Waals surface area (Å²) in [6.45, 7) is 0.918. The van der Waals surface area contributed by atoms with Crippen LogP contribution in [0, 0.1) is 10.1 Å². The van der Waals surface area contributed by atoms with E-state index in [4.69, 9.17) is 9.84 Å². The second kappa shape index (κ2) is 7.55. The average Bonchev–Trinajstić information content (AvgIpc) is 2.55. The van der Waals surface area contributed by atoms with Crippen molar-refractivity contribution < 1.29 is 28.0 Å². The Morgan fingerprint density at radius 2 is 2.04 bits per heavy atom. The van der Waals surface area contributed by atoms with E-state index in [2.05, 4.69) is 5.32 Å². The standard InChI is InChI=1S/C13H17N3O7S/c17-13(18)3-4-14-11-2-1-10(9-12(11)16(19)20)24(21,22)15-5-7-23-8-6-15/h1-2,9,14H,3-8H2,(H,17,18). The summed E-state index contributed by atoms with van der Waals surface area (Å²) in [7, 11) is -3.84. The van der Waals surface area contributed by atoms with Crippen LogP contribution in [0.1, 0.15) is 6.42 Å². The Bertz CT molecular complexity index is 729. The van der Waals surface area contributed by atoms with Gasteiger partial charge in [0.2, 0.25) is 10.0 Å². The summed E-state index contributed by atoms with van der Waals surface area (Å²) < 4.78 is 31.4. The first kappa shape index (κ1) is 18.1.